The van der Waals surface area contributed by atoms with Gasteiger partial charge in [0, 0.05) is 35.6 Å². The zero-order valence-electron chi connectivity index (χ0n) is 15.5. The molecule has 0 aliphatic carbocycles. The Balaban J connectivity index is 2.09. The molecule has 0 amide bonds. The van der Waals surface area contributed by atoms with Crippen LogP contribution in [0.15, 0.2) is 42.9 Å². The normalized spacial score (nSPS) is 12.4. The van der Waals surface area contributed by atoms with E-state index in [1.807, 2.05) is 6.20 Å². The molecular weight excluding hydrogens is 308 g/mol. The average molecular weight is 336 g/mol. The number of aromatic amines is 1. The maximum absolute atomic E-state index is 4.94. The summed E-state index contributed by atoms with van der Waals surface area (Å²) < 4.78 is 2.22. The molecule has 1 aromatic carbocycles. The van der Waals surface area contributed by atoms with E-state index in [9.17, 15) is 0 Å². The van der Waals surface area contributed by atoms with Crippen LogP contribution in [-0.2, 0) is 25.8 Å². The van der Waals surface area contributed by atoms with Gasteiger partial charge in [-0.3, -0.25) is 4.68 Å². The highest BCUT2D eigenvalue weighted by molar-refractivity contribution is 5.38. The molecule has 2 aromatic heterocycles. The second-order valence-corrected chi connectivity index (χ2v) is 6.49. The Morgan fingerprint density at radius 2 is 1.88 bits per heavy atom. The number of aromatic nitrogens is 4. The molecule has 3 rings (SSSR count). The fourth-order valence-corrected chi connectivity index (χ4v) is 3.67. The van der Waals surface area contributed by atoms with Gasteiger partial charge in [0.15, 0.2) is 0 Å². The monoisotopic (exact) mass is 336 g/mol. The lowest BCUT2D eigenvalue weighted by molar-refractivity contribution is 0.569. The summed E-state index contributed by atoms with van der Waals surface area (Å²) in [5.41, 5.74) is 6.50. The molecule has 132 valence electrons. The van der Waals surface area contributed by atoms with Crippen molar-refractivity contribution in [2.24, 2.45) is 0 Å². The summed E-state index contributed by atoms with van der Waals surface area (Å²) in [6, 6.07) is 10.7. The van der Waals surface area contributed by atoms with Crippen LogP contribution >= 0.6 is 0 Å². The summed E-state index contributed by atoms with van der Waals surface area (Å²) in [6.07, 6.45) is 7.76. The van der Waals surface area contributed by atoms with Gasteiger partial charge in [0.05, 0.1) is 12.0 Å². The number of aryl methyl sites for hydroxylation is 2. The zero-order chi connectivity index (χ0) is 17.6. The first-order chi connectivity index (χ1) is 12.3. The standard InChI is InChI=1S/C21H28N4/c1-4-12-25-20(6-3)21(18(5-2)24-25)17(19-14-22-15-23-19)13-16-10-8-7-9-11-16/h7-11,14-15,17H,4-6,12-13H2,1-3H3,(H,22,23). The van der Waals surface area contributed by atoms with Crippen LogP contribution in [0.2, 0.25) is 0 Å². The van der Waals surface area contributed by atoms with Crippen molar-refractivity contribution < 1.29 is 0 Å². The molecule has 2 heterocycles. The van der Waals surface area contributed by atoms with E-state index >= 15 is 0 Å². The summed E-state index contributed by atoms with van der Waals surface area (Å²) in [5, 5.41) is 4.94. The first-order valence-corrected chi connectivity index (χ1v) is 9.39. The van der Waals surface area contributed by atoms with Gasteiger partial charge >= 0.3 is 0 Å². The van der Waals surface area contributed by atoms with Crippen molar-refractivity contribution in [2.75, 3.05) is 0 Å². The predicted octanol–water partition coefficient (Wildman–Crippen LogP) is 4.52. The molecular formula is C21H28N4. The van der Waals surface area contributed by atoms with Gasteiger partial charge in [-0.15, -0.1) is 0 Å². The Kier molecular flexibility index (Phi) is 5.69. The Morgan fingerprint density at radius 3 is 2.48 bits per heavy atom. The molecule has 0 bridgehead atoms. The van der Waals surface area contributed by atoms with E-state index < -0.39 is 0 Å². The minimum absolute atomic E-state index is 0.264. The number of H-pyrrole nitrogens is 1. The van der Waals surface area contributed by atoms with E-state index in [2.05, 4.69) is 65.8 Å². The summed E-state index contributed by atoms with van der Waals surface area (Å²) in [7, 11) is 0. The van der Waals surface area contributed by atoms with Gasteiger partial charge in [-0.25, -0.2) is 4.98 Å². The van der Waals surface area contributed by atoms with Crippen LogP contribution in [0.4, 0.5) is 0 Å². The molecule has 1 N–H and O–H groups in total. The topological polar surface area (TPSA) is 46.5 Å². The Labute approximate surface area is 150 Å². The molecule has 0 saturated carbocycles. The number of benzene rings is 1. The van der Waals surface area contributed by atoms with Gasteiger partial charge in [0.1, 0.15) is 0 Å². The quantitative estimate of drug-likeness (QED) is 0.657. The largest absolute Gasteiger partial charge is 0.348 e. The van der Waals surface area contributed by atoms with Crippen LogP contribution in [-0.4, -0.2) is 19.7 Å². The summed E-state index contributed by atoms with van der Waals surface area (Å²) >= 11 is 0. The summed E-state index contributed by atoms with van der Waals surface area (Å²) in [6.45, 7) is 7.63. The molecule has 4 heteroatoms. The van der Waals surface area contributed by atoms with Crippen LogP contribution in [0.3, 0.4) is 0 Å². The summed E-state index contributed by atoms with van der Waals surface area (Å²) in [4.78, 5) is 7.63. The molecule has 0 aliphatic rings. The average Bonchev–Trinajstić information content (AvgIpc) is 3.28. The van der Waals surface area contributed by atoms with E-state index in [0.717, 1.165) is 32.2 Å². The molecule has 0 aliphatic heterocycles. The van der Waals surface area contributed by atoms with Gasteiger partial charge < -0.3 is 4.98 Å². The van der Waals surface area contributed by atoms with Crippen LogP contribution in [0.5, 0.6) is 0 Å². The SMILES string of the molecule is CCCn1nc(CC)c(C(Cc2ccccc2)c2cnc[nH]2)c1CC. The van der Waals surface area contributed by atoms with Crippen LogP contribution in [0.25, 0.3) is 0 Å². The third-order valence-electron chi connectivity index (χ3n) is 4.81. The van der Waals surface area contributed by atoms with Crippen molar-refractivity contribution in [3.63, 3.8) is 0 Å². The Hall–Kier alpha value is -2.36. The Bertz CT molecular complexity index is 772. The first kappa shape index (κ1) is 17.5. The summed E-state index contributed by atoms with van der Waals surface area (Å²) in [5.74, 6) is 0.264. The molecule has 1 unspecified atom stereocenters. The highest BCUT2D eigenvalue weighted by atomic mass is 15.3. The highest BCUT2D eigenvalue weighted by Gasteiger charge is 2.26. The maximum atomic E-state index is 4.94. The number of hydrogen-bond donors (Lipinski definition) is 1. The first-order valence-electron chi connectivity index (χ1n) is 9.39. The minimum atomic E-state index is 0.264. The van der Waals surface area contributed by atoms with E-state index in [1.165, 1.54) is 28.2 Å². The van der Waals surface area contributed by atoms with Crippen LogP contribution in [0.1, 0.15) is 61.3 Å². The van der Waals surface area contributed by atoms with Crippen LogP contribution in [0, 0.1) is 0 Å². The number of nitrogens with one attached hydrogen (secondary N) is 1. The molecule has 25 heavy (non-hydrogen) atoms. The molecule has 0 fully saturated rings. The van der Waals surface area contributed by atoms with Crippen molar-refractivity contribution in [1.82, 2.24) is 19.7 Å². The van der Waals surface area contributed by atoms with Gasteiger partial charge in [0.25, 0.3) is 0 Å². The zero-order valence-corrected chi connectivity index (χ0v) is 15.5. The van der Waals surface area contributed by atoms with Gasteiger partial charge in [0.2, 0.25) is 0 Å². The minimum Gasteiger partial charge on any atom is -0.348 e. The van der Waals surface area contributed by atoms with Crippen molar-refractivity contribution in [3.8, 4) is 0 Å². The van der Waals surface area contributed by atoms with Crippen molar-refractivity contribution in [2.45, 2.75) is 58.9 Å². The van der Waals surface area contributed by atoms with E-state index in [4.69, 9.17) is 5.10 Å². The lowest BCUT2D eigenvalue weighted by Crippen LogP contribution is -2.11. The fourth-order valence-electron chi connectivity index (χ4n) is 3.67. The lowest BCUT2D eigenvalue weighted by atomic mass is 9.87. The van der Waals surface area contributed by atoms with Crippen molar-refractivity contribution >= 4 is 0 Å². The maximum Gasteiger partial charge on any atom is 0.0921 e. The van der Waals surface area contributed by atoms with Crippen molar-refractivity contribution in [1.29, 1.82) is 0 Å². The smallest absolute Gasteiger partial charge is 0.0921 e. The second kappa shape index (κ2) is 8.15. The third kappa shape index (κ3) is 3.68. The molecule has 4 nitrogen and oxygen atoms in total. The molecule has 0 radical (unpaired) electrons. The van der Waals surface area contributed by atoms with E-state index in [0.29, 0.717) is 0 Å². The van der Waals surface area contributed by atoms with Crippen LogP contribution < -0.4 is 0 Å². The third-order valence-corrected chi connectivity index (χ3v) is 4.81. The van der Waals surface area contributed by atoms with E-state index in [-0.39, 0.29) is 5.92 Å². The number of rotatable bonds is 8. The van der Waals surface area contributed by atoms with Gasteiger partial charge in [-0.2, -0.15) is 5.10 Å². The number of hydrogen-bond acceptors (Lipinski definition) is 2. The fraction of sp³-hybridized carbons (Fsp3) is 0.429. The predicted molar refractivity (Wildman–Crippen MR) is 102 cm³/mol. The number of nitrogens with zero attached hydrogens (tertiary/aromatic N) is 3. The molecule has 3 aromatic rings. The highest BCUT2D eigenvalue weighted by Crippen LogP contribution is 2.33. The Morgan fingerprint density at radius 1 is 1.08 bits per heavy atom. The molecule has 0 spiro atoms. The van der Waals surface area contributed by atoms with Gasteiger partial charge in [-0.1, -0.05) is 51.1 Å². The second-order valence-electron chi connectivity index (χ2n) is 6.49. The van der Waals surface area contributed by atoms with E-state index in [1.54, 1.807) is 6.33 Å². The van der Waals surface area contributed by atoms with Gasteiger partial charge in [-0.05, 0) is 31.2 Å². The lowest BCUT2D eigenvalue weighted by Gasteiger charge is -2.18. The molecule has 0 saturated heterocycles. The molecule has 1 atom stereocenters. The number of imidazole rings is 1. The van der Waals surface area contributed by atoms with Crippen molar-refractivity contribution in [3.05, 3.63) is 71.1 Å².